The summed E-state index contributed by atoms with van der Waals surface area (Å²) in [5.41, 5.74) is 2.67. The molecule has 0 radical (unpaired) electrons. The maximum Gasteiger partial charge on any atom is 0.255 e. The van der Waals surface area contributed by atoms with Crippen molar-refractivity contribution in [1.82, 2.24) is 0 Å². The van der Waals surface area contributed by atoms with Gasteiger partial charge in [0, 0.05) is 29.9 Å². The summed E-state index contributed by atoms with van der Waals surface area (Å²) in [6.45, 7) is 2.63. The van der Waals surface area contributed by atoms with Crippen LogP contribution in [-0.4, -0.2) is 18.4 Å². The molecule has 1 heterocycles. The van der Waals surface area contributed by atoms with Gasteiger partial charge in [-0.25, -0.2) is 4.39 Å². The van der Waals surface area contributed by atoms with E-state index in [9.17, 15) is 14.0 Å². The van der Waals surface area contributed by atoms with E-state index < -0.39 is 5.82 Å². The average molecular weight is 312 g/mol. The summed E-state index contributed by atoms with van der Waals surface area (Å²) < 4.78 is 13.2. The van der Waals surface area contributed by atoms with Crippen LogP contribution >= 0.6 is 0 Å². The second kappa shape index (κ2) is 6.20. The highest BCUT2D eigenvalue weighted by Crippen LogP contribution is 2.27. The van der Waals surface area contributed by atoms with Gasteiger partial charge >= 0.3 is 0 Å². The van der Waals surface area contributed by atoms with Crippen LogP contribution in [0.5, 0.6) is 0 Å². The van der Waals surface area contributed by atoms with Gasteiger partial charge in [-0.15, -0.1) is 0 Å². The number of carbonyl (C=O) groups excluding carboxylic acids is 2. The molecule has 0 atom stereocenters. The summed E-state index contributed by atoms with van der Waals surface area (Å²) in [4.78, 5) is 25.7. The first kappa shape index (κ1) is 15.2. The van der Waals surface area contributed by atoms with Crippen LogP contribution < -0.4 is 10.2 Å². The van der Waals surface area contributed by atoms with Gasteiger partial charge in [-0.1, -0.05) is 6.07 Å². The number of rotatable bonds is 3. The molecule has 0 aromatic heterocycles. The first-order valence-electron chi connectivity index (χ1n) is 7.52. The SMILES string of the molecule is Cc1cc(NC(=O)c2cccc(F)c2)ccc1N1CCCC1=O. The number of aryl methyl sites for hydroxylation is 1. The van der Waals surface area contributed by atoms with E-state index in [4.69, 9.17) is 0 Å². The van der Waals surface area contributed by atoms with Crippen molar-refractivity contribution in [3.63, 3.8) is 0 Å². The lowest BCUT2D eigenvalue weighted by Gasteiger charge is -2.19. The number of nitrogens with zero attached hydrogens (tertiary/aromatic N) is 1. The Morgan fingerprint density at radius 2 is 2.04 bits per heavy atom. The summed E-state index contributed by atoms with van der Waals surface area (Å²) in [5.74, 6) is -0.685. The van der Waals surface area contributed by atoms with Gasteiger partial charge in [-0.3, -0.25) is 9.59 Å². The Labute approximate surface area is 133 Å². The first-order chi connectivity index (χ1) is 11.0. The highest BCUT2D eigenvalue weighted by Gasteiger charge is 2.23. The predicted octanol–water partition coefficient (Wildman–Crippen LogP) is 3.51. The normalized spacial score (nSPS) is 14.2. The summed E-state index contributed by atoms with van der Waals surface area (Å²) in [6.07, 6.45) is 1.45. The molecule has 1 aliphatic heterocycles. The van der Waals surface area contributed by atoms with Crippen LogP contribution in [-0.2, 0) is 4.79 Å². The monoisotopic (exact) mass is 312 g/mol. The maximum absolute atomic E-state index is 13.2. The molecule has 118 valence electrons. The molecule has 1 N–H and O–H groups in total. The third-order valence-corrected chi connectivity index (χ3v) is 3.91. The van der Waals surface area contributed by atoms with Gasteiger partial charge in [0.2, 0.25) is 5.91 Å². The zero-order chi connectivity index (χ0) is 16.4. The molecule has 2 aromatic rings. The molecule has 3 rings (SSSR count). The van der Waals surface area contributed by atoms with Crippen LogP contribution in [0.2, 0.25) is 0 Å². The van der Waals surface area contributed by atoms with Crippen molar-refractivity contribution < 1.29 is 14.0 Å². The molecular formula is C18H17FN2O2. The molecule has 1 aliphatic rings. The van der Waals surface area contributed by atoms with E-state index in [0.29, 0.717) is 12.1 Å². The summed E-state index contributed by atoms with van der Waals surface area (Å²) in [7, 11) is 0. The number of benzene rings is 2. The van der Waals surface area contributed by atoms with Crippen molar-refractivity contribution in [2.75, 3.05) is 16.8 Å². The number of anilines is 2. The van der Waals surface area contributed by atoms with E-state index in [0.717, 1.165) is 24.2 Å². The molecule has 1 saturated heterocycles. The smallest absolute Gasteiger partial charge is 0.255 e. The number of hydrogen-bond acceptors (Lipinski definition) is 2. The fourth-order valence-electron chi connectivity index (χ4n) is 2.77. The van der Waals surface area contributed by atoms with Gasteiger partial charge in [-0.2, -0.15) is 0 Å². The van der Waals surface area contributed by atoms with Crippen molar-refractivity contribution >= 4 is 23.2 Å². The molecule has 0 unspecified atom stereocenters. The quantitative estimate of drug-likeness (QED) is 0.943. The predicted molar refractivity (Wildman–Crippen MR) is 87.1 cm³/mol. The average Bonchev–Trinajstić information content (AvgIpc) is 2.93. The maximum atomic E-state index is 13.2. The molecule has 4 nitrogen and oxygen atoms in total. The first-order valence-corrected chi connectivity index (χ1v) is 7.52. The Morgan fingerprint density at radius 3 is 2.70 bits per heavy atom. The van der Waals surface area contributed by atoms with Gasteiger partial charge in [0.25, 0.3) is 5.91 Å². The van der Waals surface area contributed by atoms with E-state index in [1.807, 2.05) is 19.1 Å². The third-order valence-electron chi connectivity index (χ3n) is 3.91. The third kappa shape index (κ3) is 3.23. The second-order valence-corrected chi connectivity index (χ2v) is 5.61. The van der Waals surface area contributed by atoms with Crippen LogP contribution in [0.15, 0.2) is 42.5 Å². The van der Waals surface area contributed by atoms with Crippen molar-refractivity contribution in [1.29, 1.82) is 0 Å². The minimum Gasteiger partial charge on any atom is -0.322 e. The van der Waals surface area contributed by atoms with Crippen LogP contribution in [0.3, 0.4) is 0 Å². The molecule has 0 saturated carbocycles. The Bertz CT molecular complexity index is 773. The van der Waals surface area contributed by atoms with Crippen molar-refractivity contribution in [2.24, 2.45) is 0 Å². The standard InChI is InChI=1S/C18H17FN2O2/c1-12-10-15(7-8-16(12)21-9-3-6-17(21)22)20-18(23)13-4-2-5-14(19)11-13/h2,4-5,7-8,10-11H,3,6,9H2,1H3,(H,20,23). The van der Waals surface area contributed by atoms with Gasteiger partial charge in [0.1, 0.15) is 5.82 Å². The van der Waals surface area contributed by atoms with Gasteiger partial charge in [-0.05, 0) is 55.3 Å². The Balaban J connectivity index is 1.78. The van der Waals surface area contributed by atoms with Crippen LogP contribution in [0.1, 0.15) is 28.8 Å². The van der Waals surface area contributed by atoms with E-state index in [2.05, 4.69) is 5.32 Å². The van der Waals surface area contributed by atoms with E-state index in [1.165, 1.54) is 18.2 Å². The topological polar surface area (TPSA) is 49.4 Å². The zero-order valence-electron chi connectivity index (χ0n) is 12.8. The second-order valence-electron chi connectivity index (χ2n) is 5.61. The molecular weight excluding hydrogens is 295 g/mol. The van der Waals surface area contributed by atoms with Gasteiger partial charge in [0.05, 0.1) is 0 Å². The van der Waals surface area contributed by atoms with E-state index in [1.54, 1.807) is 17.0 Å². The molecule has 0 spiro atoms. The lowest BCUT2D eigenvalue weighted by Crippen LogP contribution is -2.24. The highest BCUT2D eigenvalue weighted by atomic mass is 19.1. The number of hydrogen-bond donors (Lipinski definition) is 1. The molecule has 1 fully saturated rings. The highest BCUT2D eigenvalue weighted by molar-refractivity contribution is 6.04. The van der Waals surface area contributed by atoms with Gasteiger partial charge in [0.15, 0.2) is 0 Å². The lowest BCUT2D eigenvalue weighted by atomic mass is 10.1. The van der Waals surface area contributed by atoms with Crippen molar-refractivity contribution in [3.05, 3.63) is 59.4 Å². The van der Waals surface area contributed by atoms with Crippen LogP contribution in [0, 0.1) is 12.7 Å². The largest absolute Gasteiger partial charge is 0.322 e. The molecule has 2 amide bonds. The summed E-state index contributed by atoms with van der Waals surface area (Å²) in [6, 6.07) is 10.9. The van der Waals surface area contributed by atoms with Crippen LogP contribution in [0.4, 0.5) is 15.8 Å². The summed E-state index contributed by atoms with van der Waals surface area (Å²) >= 11 is 0. The number of amides is 2. The van der Waals surface area contributed by atoms with Gasteiger partial charge < -0.3 is 10.2 Å². The lowest BCUT2D eigenvalue weighted by molar-refractivity contribution is -0.117. The molecule has 0 bridgehead atoms. The number of carbonyl (C=O) groups is 2. The van der Waals surface area contributed by atoms with E-state index >= 15 is 0 Å². The summed E-state index contributed by atoms with van der Waals surface area (Å²) in [5, 5.41) is 2.75. The molecule has 2 aromatic carbocycles. The minimum atomic E-state index is -0.447. The molecule has 5 heteroatoms. The number of nitrogens with one attached hydrogen (secondary N) is 1. The van der Waals surface area contributed by atoms with Crippen molar-refractivity contribution in [3.8, 4) is 0 Å². The number of halogens is 1. The Kier molecular flexibility index (Phi) is 4.10. The minimum absolute atomic E-state index is 0.129. The molecule has 23 heavy (non-hydrogen) atoms. The molecule has 0 aliphatic carbocycles. The fourth-order valence-corrected chi connectivity index (χ4v) is 2.77. The fraction of sp³-hybridized carbons (Fsp3) is 0.222. The Morgan fingerprint density at radius 1 is 1.22 bits per heavy atom. The van der Waals surface area contributed by atoms with Crippen LogP contribution in [0.25, 0.3) is 0 Å². The van der Waals surface area contributed by atoms with E-state index in [-0.39, 0.29) is 17.4 Å². The van der Waals surface area contributed by atoms with Crippen molar-refractivity contribution in [2.45, 2.75) is 19.8 Å². The Hall–Kier alpha value is -2.69. The zero-order valence-corrected chi connectivity index (χ0v) is 12.8.